The maximum atomic E-state index is 13.0. The van der Waals surface area contributed by atoms with Crippen LogP contribution in [-0.4, -0.2) is 28.8 Å². The average molecular weight is 308 g/mol. The topological polar surface area (TPSA) is 49.4 Å². The van der Waals surface area contributed by atoms with Crippen LogP contribution in [0.3, 0.4) is 0 Å². The van der Waals surface area contributed by atoms with Crippen LogP contribution in [0.2, 0.25) is 0 Å². The van der Waals surface area contributed by atoms with Crippen LogP contribution in [0.4, 0.5) is 4.39 Å². The Bertz CT molecular complexity index is 502. The predicted molar refractivity (Wildman–Crippen MR) is 84.6 cm³/mol. The van der Waals surface area contributed by atoms with E-state index >= 15 is 0 Å². The molecule has 0 heterocycles. The van der Waals surface area contributed by atoms with Crippen molar-refractivity contribution in [2.75, 3.05) is 0 Å². The van der Waals surface area contributed by atoms with Crippen LogP contribution in [-0.2, 0) is 16.1 Å². The Balaban J connectivity index is 2.85. The van der Waals surface area contributed by atoms with Gasteiger partial charge in [-0.05, 0) is 38.0 Å². The molecule has 122 valence electrons. The van der Waals surface area contributed by atoms with E-state index in [-0.39, 0.29) is 23.7 Å². The van der Waals surface area contributed by atoms with Crippen LogP contribution in [0.1, 0.15) is 46.1 Å². The molecular formula is C17H25FN2O2. The lowest BCUT2D eigenvalue weighted by molar-refractivity contribution is -0.140. The third-order valence-corrected chi connectivity index (χ3v) is 3.74. The summed E-state index contributed by atoms with van der Waals surface area (Å²) in [5, 5.41) is 2.89. The predicted octanol–water partition coefficient (Wildman–Crippen LogP) is 2.87. The molecule has 0 aliphatic heterocycles. The molecule has 0 saturated carbocycles. The highest BCUT2D eigenvalue weighted by molar-refractivity contribution is 5.87. The van der Waals surface area contributed by atoms with Crippen molar-refractivity contribution in [3.8, 4) is 0 Å². The van der Waals surface area contributed by atoms with E-state index < -0.39 is 6.04 Å². The number of carbonyl (C=O) groups is 2. The zero-order valence-electron chi connectivity index (χ0n) is 13.7. The fourth-order valence-corrected chi connectivity index (χ4v) is 2.04. The van der Waals surface area contributed by atoms with Crippen molar-refractivity contribution >= 4 is 11.8 Å². The molecule has 0 aliphatic carbocycles. The number of benzene rings is 1. The van der Waals surface area contributed by atoms with Gasteiger partial charge in [0.15, 0.2) is 0 Å². The van der Waals surface area contributed by atoms with Gasteiger partial charge in [0.25, 0.3) is 0 Å². The average Bonchev–Trinajstić information content (AvgIpc) is 2.52. The molecule has 0 radical (unpaired) electrons. The summed E-state index contributed by atoms with van der Waals surface area (Å²) in [6.45, 7) is 7.69. The number of halogens is 1. The molecule has 22 heavy (non-hydrogen) atoms. The number of hydrogen-bond acceptors (Lipinski definition) is 2. The molecule has 2 unspecified atom stereocenters. The second kappa shape index (κ2) is 8.51. The van der Waals surface area contributed by atoms with Gasteiger partial charge in [0, 0.05) is 19.0 Å². The molecule has 1 rings (SSSR count). The fourth-order valence-electron chi connectivity index (χ4n) is 2.04. The Morgan fingerprint density at radius 3 is 2.27 bits per heavy atom. The summed E-state index contributed by atoms with van der Waals surface area (Å²) < 4.78 is 13.0. The van der Waals surface area contributed by atoms with E-state index in [0.29, 0.717) is 13.0 Å². The molecule has 1 N–H and O–H groups in total. The molecule has 0 bridgehead atoms. The van der Waals surface area contributed by atoms with Crippen LogP contribution in [0.25, 0.3) is 0 Å². The molecule has 0 saturated heterocycles. The number of carbonyl (C=O) groups excluding carboxylic acids is 2. The molecule has 2 amide bonds. The first kappa shape index (κ1) is 18.1. The van der Waals surface area contributed by atoms with Crippen LogP contribution in [0, 0.1) is 5.82 Å². The second-order valence-electron chi connectivity index (χ2n) is 5.50. The first-order valence-corrected chi connectivity index (χ1v) is 7.73. The number of amides is 2. The maximum Gasteiger partial charge on any atom is 0.242 e. The number of rotatable bonds is 7. The largest absolute Gasteiger partial charge is 0.352 e. The van der Waals surface area contributed by atoms with Gasteiger partial charge in [-0.15, -0.1) is 0 Å². The highest BCUT2D eigenvalue weighted by Crippen LogP contribution is 2.12. The van der Waals surface area contributed by atoms with Crippen molar-refractivity contribution < 1.29 is 14.0 Å². The summed E-state index contributed by atoms with van der Waals surface area (Å²) in [6.07, 6.45) is 1.15. The Morgan fingerprint density at radius 1 is 1.18 bits per heavy atom. The van der Waals surface area contributed by atoms with E-state index in [4.69, 9.17) is 0 Å². The lowest BCUT2D eigenvalue weighted by Gasteiger charge is -2.29. The molecule has 5 heteroatoms. The van der Waals surface area contributed by atoms with E-state index in [1.165, 1.54) is 17.0 Å². The lowest BCUT2D eigenvalue weighted by Crippen LogP contribution is -2.49. The lowest BCUT2D eigenvalue weighted by atomic mass is 10.1. The fraction of sp³-hybridized carbons (Fsp3) is 0.529. The first-order valence-electron chi connectivity index (χ1n) is 7.73. The molecule has 0 aromatic heterocycles. The van der Waals surface area contributed by atoms with Gasteiger partial charge in [-0.3, -0.25) is 9.59 Å². The molecule has 0 spiro atoms. The van der Waals surface area contributed by atoms with Gasteiger partial charge in [0.2, 0.25) is 11.8 Å². The second-order valence-corrected chi connectivity index (χ2v) is 5.50. The van der Waals surface area contributed by atoms with Gasteiger partial charge < -0.3 is 10.2 Å². The Morgan fingerprint density at radius 2 is 1.77 bits per heavy atom. The van der Waals surface area contributed by atoms with Crippen molar-refractivity contribution in [3.63, 3.8) is 0 Å². The Kier molecular flexibility index (Phi) is 7.02. The van der Waals surface area contributed by atoms with Gasteiger partial charge in [-0.25, -0.2) is 4.39 Å². The van der Waals surface area contributed by atoms with Crippen molar-refractivity contribution in [2.45, 2.75) is 59.2 Å². The zero-order chi connectivity index (χ0) is 16.7. The van der Waals surface area contributed by atoms with Gasteiger partial charge >= 0.3 is 0 Å². The van der Waals surface area contributed by atoms with Gasteiger partial charge in [-0.1, -0.05) is 26.0 Å². The van der Waals surface area contributed by atoms with Crippen molar-refractivity contribution in [1.29, 1.82) is 0 Å². The zero-order valence-corrected chi connectivity index (χ0v) is 13.7. The number of nitrogens with one attached hydrogen (secondary N) is 1. The summed E-state index contributed by atoms with van der Waals surface area (Å²) in [7, 11) is 0. The Hall–Kier alpha value is -1.91. The number of hydrogen-bond donors (Lipinski definition) is 1. The smallest absolute Gasteiger partial charge is 0.242 e. The van der Waals surface area contributed by atoms with Crippen molar-refractivity contribution in [2.24, 2.45) is 0 Å². The Labute approximate surface area is 131 Å². The van der Waals surface area contributed by atoms with Gasteiger partial charge in [0.1, 0.15) is 11.9 Å². The highest BCUT2D eigenvalue weighted by Gasteiger charge is 2.25. The molecule has 1 aromatic rings. The summed E-state index contributed by atoms with van der Waals surface area (Å²) in [4.78, 5) is 25.9. The third kappa shape index (κ3) is 5.13. The van der Waals surface area contributed by atoms with Gasteiger partial charge in [-0.2, -0.15) is 0 Å². The molecule has 0 fully saturated rings. The third-order valence-electron chi connectivity index (χ3n) is 3.74. The molecule has 0 aliphatic rings. The van der Waals surface area contributed by atoms with Crippen LogP contribution in [0.15, 0.2) is 24.3 Å². The minimum atomic E-state index is -0.563. The minimum absolute atomic E-state index is 0.0688. The van der Waals surface area contributed by atoms with E-state index in [1.807, 2.05) is 13.8 Å². The van der Waals surface area contributed by atoms with Crippen LogP contribution < -0.4 is 5.32 Å². The van der Waals surface area contributed by atoms with Gasteiger partial charge in [0.05, 0.1) is 0 Å². The summed E-state index contributed by atoms with van der Waals surface area (Å²) in [6, 6.07) is 5.47. The molecule has 1 aromatic carbocycles. The first-order chi connectivity index (χ1) is 10.4. The number of nitrogens with zero attached hydrogens (tertiary/aromatic N) is 1. The standard InChI is InChI=1S/C17H25FN2O2/c1-5-12(3)19-17(22)13(4)20(16(21)6-2)11-14-7-9-15(18)10-8-14/h7-10,12-13H,5-6,11H2,1-4H3,(H,19,22). The maximum absolute atomic E-state index is 13.0. The summed E-state index contributed by atoms with van der Waals surface area (Å²) in [5.41, 5.74) is 0.798. The minimum Gasteiger partial charge on any atom is -0.352 e. The highest BCUT2D eigenvalue weighted by atomic mass is 19.1. The molecule has 4 nitrogen and oxygen atoms in total. The quantitative estimate of drug-likeness (QED) is 0.842. The van der Waals surface area contributed by atoms with E-state index in [2.05, 4.69) is 5.32 Å². The van der Waals surface area contributed by atoms with Crippen LogP contribution in [0.5, 0.6) is 0 Å². The van der Waals surface area contributed by atoms with Crippen LogP contribution >= 0.6 is 0 Å². The monoisotopic (exact) mass is 308 g/mol. The van der Waals surface area contributed by atoms with Crippen molar-refractivity contribution in [3.05, 3.63) is 35.6 Å². The normalized spacial score (nSPS) is 13.3. The van der Waals surface area contributed by atoms with E-state index in [9.17, 15) is 14.0 Å². The van der Waals surface area contributed by atoms with E-state index in [1.54, 1.807) is 26.0 Å². The summed E-state index contributed by atoms with van der Waals surface area (Å²) >= 11 is 0. The molecular weight excluding hydrogens is 283 g/mol. The van der Waals surface area contributed by atoms with E-state index in [0.717, 1.165) is 12.0 Å². The SMILES string of the molecule is CCC(=O)N(Cc1ccc(F)cc1)C(C)C(=O)NC(C)CC. The summed E-state index contributed by atoms with van der Waals surface area (Å²) in [5.74, 6) is -0.589. The van der Waals surface area contributed by atoms with Crippen molar-refractivity contribution in [1.82, 2.24) is 10.2 Å². The molecule has 2 atom stereocenters.